The molecule has 0 amide bonds. The average Bonchev–Trinajstić information content (AvgIpc) is 3.21. The summed E-state index contributed by atoms with van der Waals surface area (Å²) in [5, 5.41) is 8.58. The number of carboxylic acid groups (broad SMARTS) is 1. The first kappa shape index (κ1) is 26.4. The zero-order chi connectivity index (χ0) is 25.1. The van der Waals surface area contributed by atoms with Gasteiger partial charge in [-0.2, -0.15) is 13.2 Å². The molecule has 1 aromatic rings. The number of unbranched alkanes of at least 4 members (excludes halogenated alkanes) is 3. The molecule has 1 aromatic heterocycles. The summed E-state index contributed by atoms with van der Waals surface area (Å²) in [6.07, 6.45) is 9.22. The normalized spacial score (nSPS) is 15.1. The number of aromatic nitrogens is 1. The van der Waals surface area contributed by atoms with Crippen LogP contribution in [0.15, 0.2) is 102 Å². The molecule has 1 N–H and O–H groups in total. The number of rotatable bonds is 12. The Bertz CT molecular complexity index is 1090. The molecular formula is C26H25F3N2O3. The van der Waals surface area contributed by atoms with Crippen LogP contribution >= 0.6 is 0 Å². The van der Waals surface area contributed by atoms with Crippen LogP contribution < -0.4 is 0 Å². The highest BCUT2D eigenvalue weighted by Gasteiger charge is 2.39. The van der Waals surface area contributed by atoms with Gasteiger partial charge in [0, 0.05) is 30.0 Å². The van der Waals surface area contributed by atoms with Crippen LogP contribution in [0.3, 0.4) is 0 Å². The van der Waals surface area contributed by atoms with Crippen LogP contribution in [0.1, 0.15) is 37.7 Å². The summed E-state index contributed by atoms with van der Waals surface area (Å²) >= 11 is 0. The summed E-state index contributed by atoms with van der Waals surface area (Å²) in [7, 11) is 0. The average molecular weight is 470 g/mol. The van der Waals surface area contributed by atoms with E-state index in [1.165, 1.54) is 36.7 Å². The number of nitrogens with zero attached hydrogens (tertiary/aromatic N) is 2. The van der Waals surface area contributed by atoms with Crippen molar-refractivity contribution in [2.75, 3.05) is 0 Å². The maximum atomic E-state index is 13.5. The maximum Gasteiger partial charge on any atom is 0.418 e. The predicted molar refractivity (Wildman–Crippen MR) is 125 cm³/mol. The fourth-order valence-electron chi connectivity index (χ4n) is 2.96. The molecule has 0 saturated carbocycles. The molecule has 0 radical (unpaired) electrons. The van der Waals surface area contributed by atoms with Crippen molar-refractivity contribution in [1.29, 1.82) is 0 Å². The number of aliphatic imine (C=N–C) groups is 1. The number of carbonyl (C=O) groups excluding carboxylic acids is 1. The third-order valence-corrected chi connectivity index (χ3v) is 4.73. The van der Waals surface area contributed by atoms with Crippen LogP contribution in [0.25, 0.3) is 0 Å². The molecule has 0 spiro atoms. The van der Waals surface area contributed by atoms with Crippen LogP contribution in [-0.4, -0.2) is 33.7 Å². The number of halogens is 3. The smallest absolute Gasteiger partial charge is 0.418 e. The van der Waals surface area contributed by atoms with E-state index in [9.17, 15) is 22.8 Å². The lowest BCUT2D eigenvalue weighted by atomic mass is 10.1. The quantitative estimate of drug-likeness (QED) is 0.228. The Morgan fingerprint density at radius 1 is 1.09 bits per heavy atom. The van der Waals surface area contributed by atoms with Crippen molar-refractivity contribution in [3.63, 3.8) is 0 Å². The fraction of sp³-hybridized carbons (Fsp3) is 0.231. The highest BCUT2D eigenvalue weighted by Crippen LogP contribution is 2.36. The first-order valence-corrected chi connectivity index (χ1v) is 10.6. The Morgan fingerprint density at radius 3 is 2.50 bits per heavy atom. The van der Waals surface area contributed by atoms with E-state index in [1.807, 2.05) is 0 Å². The lowest BCUT2D eigenvalue weighted by Crippen LogP contribution is -2.12. The van der Waals surface area contributed by atoms with Gasteiger partial charge in [0.25, 0.3) is 0 Å². The summed E-state index contributed by atoms with van der Waals surface area (Å²) in [6, 6.07) is 3.23. The van der Waals surface area contributed by atoms with Crippen LogP contribution in [0.2, 0.25) is 0 Å². The number of alkyl halides is 3. The number of allylic oxidation sites excluding steroid dienone is 9. The summed E-state index contributed by atoms with van der Waals surface area (Å²) in [5.74, 6) is -1.17. The Labute approximate surface area is 196 Å². The molecule has 1 aliphatic rings. The van der Waals surface area contributed by atoms with Gasteiger partial charge in [0.1, 0.15) is 0 Å². The molecule has 2 rings (SSSR count). The Balaban J connectivity index is 1.98. The molecule has 0 aromatic carbocycles. The number of carbonyl (C=O) groups is 2. The lowest BCUT2D eigenvalue weighted by Gasteiger charge is -2.08. The number of carboxylic acids is 1. The van der Waals surface area contributed by atoms with E-state index in [4.69, 9.17) is 5.11 Å². The highest BCUT2D eigenvalue weighted by atomic mass is 19.4. The molecule has 34 heavy (non-hydrogen) atoms. The molecule has 8 heteroatoms. The second-order valence-corrected chi connectivity index (χ2v) is 7.52. The van der Waals surface area contributed by atoms with E-state index in [-0.39, 0.29) is 34.8 Å². The van der Waals surface area contributed by atoms with E-state index in [1.54, 1.807) is 18.2 Å². The van der Waals surface area contributed by atoms with Crippen LogP contribution in [-0.2, 0) is 9.59 Å². The summed E-state index contributed by atoms with van der Waals surface area (Å²) < 4.78 is 40.5. The van der Waals surface area contributed by atoms with Crippen molar-refractivity contribution in [3.05, 3.63) is 102 Å². The maximum absolute atomic E-state index is 13.5. The van der Waals surface area contributed by atoms with Gasteiger partial charge in [-0.1, -0.05) is 37.8 Å². The Morgan fingerprint density at radius 2 is 1.85 bits per heavy atom. The minimum absolute atomic E-state index is 0.126. The van der Waals surface area contributed by atoms with Crippen LogP contribution in [0.5, 0.6) is 0 Å². The molecule has 0 atom stereocenters. The van der Waals surface area contributed by atoms with E-state index in [0.717, 1.165) is 18.9 Å². The largest absolute Gasteiger partial charge is 0.481 e. The third kappa shape index (κ3) is 8.61. The number of ketones is 1. The van der Waals surface area contributed by atoms with Gasteiger partial charge < -0.3 is 5.11 Å². The van der Waals surface area contributed by atoms with Gasteiger partial charge in [-0.15, -0.1) is 0 Å². The topological polar surface area (TPSA) is 79.6 Å². The van der Waals surface area contributed by atoms with E-state index < -0.39 is 17.7 Å². The van der Waals surface area contributed by atoms with E-state index >= 15 is 0 Å². The van der Waals surface area contributed by atoms with E-state index in [2.05, 4.69) is 23.1 Å². The molecular weight excluding hydrogens is 445 g/mol. The number of hydrogen-bond acceptors (Lipinski definition) is 4. The third-order valence-electron chi connectivity index (χ3n) is 4.73. The van der Waals surface area contributed by atoms with E-state index in [0.29, 0.717) is 18.4 Å². The highest BCUT2D eigenvalue weighted by molar-refractivity contribution is 6.12. The molecule has 5 nitrogen and oxygen atoms in total. The second kappa shape index (κ2) is 12.4. The van der Waals surface area contributed by atoms with Gasteiger partial charge in [0.15, 0.2) is 5.78 Å². The minimum Gasteiger partial charge on any atom is -0.481 e. The molecule has 1 aliphatic heterocycles. The van der Waals surface area contributed by atoms with Crippen molar-refractivity contribution < 1.29 is 27.9 Å². The monoisotopic (exact) mass is 470 g/mol. The molecule has 0 unspecified atom stereocenters. The lowest BCUT2D eigenvalue weighted by molar-refractivity contribution is -0.137. The molecule has 0 fully saturated rings. The van der Waals surface area contributed by atoms with Gasteiger partial charge in [-0.3, -0.25) is 14.6 Å². The standard InChI is InChI=1S/C26H25F3N2O3/c1-18(12-13-19(2)24(32)10-6-4-3-5-7-11-25(33)34)15-23-21(26(27,28)29)16-22(31-23)20-9-8-14-30-17-20/h6,8-10,12-17H,1-5,7,11H2,(H,33,34)/b10-6+,13-12-,23-15-. The molecule has 0 aliphatic carbocycles. The summed E-state index contributed by atoms with van der Waals surface area (Å²) in [6.45, 7) is 7.40. The van der Waals surface area contributed by atoms with Crippen LogP contribution in [0, 0.1) is 0 Å². The number of pyridine rings is 1. The Kier molecular flexibility index (Phi) is 9.67. The summed E-state index contributed by atoms with van der Waals surface area (Å²) in [5.41, 5.74) is -0.183. The van der Waals surface area contributed by atoms with Gasteiger partial charge in [0.2, 0.25) is 0 Å². The van der Waals surface area contributed by atoms with Gasteiger partial charge in [-0.05, 0) is 55.2 Å². The van der Waals surface area contributed by atoms with Crippen molar-refractivity contribution in [1.82, 2.24) is 4.98 Å². The van der Waals surface area contributed by atoms with Crippen molar-refractivity contribution in [2.45, 2.75) is 38.3 Å². The SMILES string of the molecule is C=C(/C=C\C(=C)C(=O)/C=C/CCCCCC(=O)O)/C=C1\N=C(c2cccnc2)C=C1C(F)(F)F. The van der Waals surface area contributed by atoms with Crippen molar-refractivity contribution >= 4 is 17.5 Å². The molecule has 0 bridgehead atoms. The van der Waals surface area contributed by atoms with Crippen molar-refractivity contribution in [2.24, 2.45) is 4.99 Å². The number of hydrogen-bond donors (Lipinski definition) is 1. The first-order valence-electron chi connectivity index (χ1n) is 10.6. The fourth-order valence-corrected chi connectivity index (χ4v) is 2.96. The minimum atomic E-state index is -4.60. The predicted octanol–water partition coefficient (Wildman–Crippen LogP) is 6.09. The second-order valence-electron chi connectivity index (χ2n) is 7.52. The van der Waals surface area contributed by atoms with Gasteiger partial charge >= 0.3 is 12.1 Å². The Hall–Kier alpha value is -3.81. The molecule has 2 heterocycles. The number of aliphatic carboxylic acids is 1. The molecule has 178 valence electrons. The first-order chi connectivity index (χ1) is 16.1. The zero-order valence-electron chi connectivity index (χ0n) is 18.5. The molecule has 0 saturated heterocycles. The zero-order valence-corrected chi connectivity index (χ0v) is 18.5. The summed E-state index contributed by atoms with van der Waals surface area (Å²) in [4.78, 5) is 30.6. The van der Waals surface area contributed by atoms with Crippen molar-refractivity contribution in [3.8, 4) is 0 Å². The van der Waals surface area contributed by atoms with Crippen LogP contribution in [0.4, 0.5) is 13.2 Å². The van der Waals surface area contributed by atoms with Gasteiger partial charge in [-0.25, -0.2) is 4.99 Å². The van der Waals surface area contributed by atoms with Gasteiger partial charge in [0.05, 0.1) is 17.0 Å².